The van der Waals surface area contributed by atoms with Gasteiger partial charge in [0.25, 0.3) is 0 Å². The highest BCUT2D eigenvalue weighted by atomic mass is 16.3. The summed E-state index contributed by atoms with van der Waals surface area (Å²) in [5.74, 6) is 4.25. The molecule has 1 atom stereocenters. The highest BCUT2D eigenvalue weighted by Gasteiger charge is 2.53. The molecule has 1 N–H and O–H groups in total. The Hall–Kier alpha value is -0.760. The molecule has 21 heavy (non-hydrogen) atoms. The molecular formula is C19H29NO. The number of hydrogen-bond acceptors (Lipinski definition) is 2. The molecule has 0 saturated heterocycles. The molecule has 1 heterocycles. The number of furan rings is 1. The molecule has 5 rings (SSSR count). The van der Waals surface area contributed by atoms with Gasteiger partial charge in [-0.05, 0) is 86.8 Å². The molecule has 4 fully saturated rings. The molecule has 0 spiro atoms. The summed E-state index contributed by atoms with van der Waals surface area (Å²) in [6, 6.07) is 4.81. The van der Waals surface area contributed by atoms with Crippen molar-refractivity contribution in [2.24, 2.45) is 23.2 Å². The molecule has 2 heteroatoms. The van der Waals surface area contributed by atoms with E-state index >= 15 is 0 Å². The molecule has 116 valence electrons. The van der Waals surface area contributed by atoms with Gasteiger partial charge in [-0.1, -0.05) is 6.92 Å². The fourth-order valence-corrected chi connectivity index (χ4v) is 6.06. The van der Waals surface area contributed by atoms with Crippen LogP contribution in [0, 0.1) is 23.2 Å². The van der Waals surface area contributed by atoms with Crippen LogP contribution in [0.1, 0.15) is 57.6 Å². The molecule has 4 aliphatic rings. The first-order valence-corrected chi connectivity index (χ1v) is 9.03. The summed E-state index contributed by atoms with van der Waals surface area (Å²) < 4.78 is 5.67. The zero-order chi connectivity index (χ0) is 14.3. The molecule has 1 aromatic rings. The SMILES string of the molecule is CCCNC(Cc1ccco1)C12CC3CC(CC(C3)C1)C2. The van der Waals surface area contributed by atoms with Gasteiger partial charge >= 0.3 is 0 Å². The van der Waals surface area contributed by atoms with E-state index in [4.69, 9.17) is 4.42 Å². The maximum Gasteiger partial charge on any atom is 0.105 e. The second-order valence-corrected chi connectivity index (χ2v) is 8.07. The van der Waals surface area contributed by atoms with Gasteiger partial charge in [-0.2, -0.15) is 0 Å². The first-order valence-electron chi connectivity index (χ1n) is 9.03. The van der Waals surface area contributed by atoms with Crippen molar-refractivity contribution in [1.82, 2.24) is 5.32 Å². The second-order valence-electron chi connectivity index (χ2n) is 8.07. The van der Waals surface area contributed by atoms with E-state index < -0.39 is 0 Å². The van der Waals surface area contributed by atoms with Gasteiger partial charge in [0.05, 0.1) is 6.26 Å². The molecular weight excluding hydrogens is 258 g/mol. The Morgan fingerprint density at radius 1 is 1.19 bits per heavy atom. The van der Waals surface area contributed by atoms with Crippen molar-refractivity contribution in [3.63, 3.8) is 0 Å². The lowest BCUT2D eigenvalue weighted by atomic mass is 9.47. The maximum absolute atomic E-state index is 5.67. The van der Waals surface area contributed by atoms with E-state index in [0.29, 0.717) is 11.5 Å². The van der Waals surface area contributed by atoms with Gasteiger partial charge in [0.1, 0.15) is 5.76 Å². The van der Waals surface area contributed by atoms with E-state index in [0.717, 1.165) is 30.7 Å². The van der Waals surface area contributed by atoms with E-state index in [2.05, 4.69) is 18.3 Å². The van der Waals surface area contributed by atoms with Crippen LogP contribution in [0.2, 0.25) is 0 Å². The van der Waals surface area contributed by atoms with Crippen molar-refractivity contribution in [3.05, 3.63) is 24.2 Å². The maximum atomic E-state index is 5.67. The summed E-state index contributed by atoms with van der Waals surface area (Å²) in [7, 11) is 0. The van der Waals surface area contributed by atoms with Crippen molar-refractivity contribution < 1.29 is 4.42 Å². The first-order chi connectivity index (χ1) is 10.3. The third kappa shape index (κ3) is 2.56. The minimum absolute atomic E-state index is 0.566. The van der Waals surface area contributed by atoms with Gasteiger partial charge in [-0.25, -0.2) is 0 Å². The monoisotopic (exact) mass is 287 g/mol. The van der Waals surface area contributed by atoms with Crippen LogP contribution in [0.4, 0.5) is 0 Å². The van der Waals surface area contributed by atoms with Gasteiger partial charge in [0.15, 0.2) is 0 Å². The van der Waals surface area contributed by atoms with Gasteiger partial charge < -0.3 is 9.73 Å². The smallest absolute Gasteiger partial charge is 0.105 e. The summed E-state index contributed by atoms with van der Waals surface area (Å²) in [6.45, 7) is 3.42. The standard InChI is InChI=1S/C19H29NO/c1-2-5-20-18(10-17-4-3-6-21-17)19-11-14-7-15(12-19)9-16(8-14)13-19/h3-4,6,14-16,18,20H,2,5,7-13H2,1H3. The molecule has 1 unspecified atom stereocenters. The van der Waals surface area contributed by atoms with Crippen molar-refractivity contribution in [2.45, 2.75) is 64.3 Å². The lowest BCUT2D eigenvalue weighted by Gasteiger charge is -2.59. The molecule has 0 radical (unpaired) electrons. The zero-order valence-corrected chi connectivity index (χ0v) is 13.3. The Labute approximate surface area is 128 Å². The third-order valence-electron chi connectivity index (χ3n) is 6.45. The highest BCUT2D eigenvalue weighted by molar-refractivity contribution is 5.10. The van der Waals surface area contributed by atoms with Crippen LogP contribution in [0.25, 0.3) is 0 Å². The van der Waals surface area contributed by atoms with E-state index in [1.54, 1.807) is 0 Å². The fourth-order valence-electron chi connectivity index (χ4n) is 6.06. The fraction of sp³-hybridized carbons (Fsp3) is 0.789. The van der Waals surface area contributed by atoms with Crippen LogP contribution in [-0.2, 0) is 6.42 Å². The van der Waals surface area contributed by atoms with E-state index in [9.17, 15) is 0 Å². The quantitative estimate of drug-likeness (QED) is 0.838. The Morgan fingerprint density at radius 2 is 1.86 bits per heavy atom. The van der Waals surface area contributed by atoms with Gasteiger partial charge in [-0.3, -0.25) is 0 Å². The molecule has 4 bridgehead atoms. The predicted molar refractivity (Wildman–Crippen MR) is 85.1 cm³/mol. The molecule has 0 amide bonds. The number of rotatable bonds is 6. The normalized spacial score (nSPS) is 38.8. The summed E-state index contributed by atoms with van der Waals surface area (Å²) in [5, 5.41) is 3.90. The average Bonchev–Trinajstić information content (AvgIpc) is 2.94. The van der Waals surface area contributed by atoms with E-state index in [-0.39, 0.29) is 0 Å². The Morgan fingerprint density at radius 3 is 2.38 bits per heavy atom. The summed E-state index contributed by atoms with van der Waals surface area (Å²) in [4.78, 5) is 0. The Bertz CT molecular complexity index is 429. The molecule has 1 aromatic heterocycles. The zero-order valence-electron chi connectivity index (χ0n) is 13.3. The number of hydrogen-bond donors (Lipinski definition) is 1. The first kappa shape index (κ1) is 13.9. The van der Waals surface area contributed by atoms with Gasteiger partial charge in [0.2, 0.25) is 0 Å². The second kappa shape index (κ2) is 5.46. The largest absolute Gasteiger partial charge is 0.469 e. The van der Waals surface area contributed by atoms with Crippen molar-refractivity contribution >= 4 is 0 Å². The summed E-state index contributed by atoms with van der Waals surface area (Å²) >= 11 is 0. The minimum atomic E-state index is 0.566. The lowest BCUT2D eigenvalue weighted by Crippen LogP contribution is -2.56. The number of nitrogens with one attached hydrogen (secondary N) is 1. The average molecular weight is 287 g/mol. The topological polar surface area (TPSA) is 25.2 Å². The van der Waals surface area contributed by atoms with E-state index in [1.165, 1.54) is 50.7 Å². The van der Waals surface area contributed by atoms with Crippen LogP contribution in [0.15, 0.2) is 22.8 Å². The van der Waals surface area contributed by atoms with Crippen LogP contribution in [0.5, 0.6) is 0 Å². The summed E-state index contributed by atoms with van der Waals surface area (Å²) in [5.41, 5.74) is 0.566. The molecule has 2 nitrogen and oxygen atoms in total. The minimum Gasteiger partial charge on any atom is -0.469 e. The highest BCUT2D eigenvalue weighted by Crippen LogP contribution is 2.61. The van der Waals surface area contributed by atoms with Crippen LogP contribution in [0.3, 0.4) is 0 Å². The van der Waals surface area contributed by atoms with Crippen LogP contribution >= 0.6 is 0 Å². The summed E-state index contributed by atoms with van der Waals surface area (Å²) in [6.07, 6.45) is 13.1. The van der Waals surface area contributed by atoms with Crippen LogP contribution in [-0.4, -0.2) is 12.6 Å². The van der Waals surface area contributed by atoms with Crippen molar-refractivity contribution in [2.75, 3.05) is 6.54 Å². The van der Waals surface area contributed by atoms with Crippen molar-refractivity contribution in [1.29, 1.82) is 0 Å². The molecule has 0 aromatic carbocycles. The Kier molecular flexibility index (Phi) is 3.61. The van der Waals surface area contributed by atoms with Crippen molar-refractivity contribution in [3.8, 4) is 0 Å². The van der Waals surface area contributed by atoms with Crippen LogP contribution < -0.4 is 5.32 Å². The van der Waals surface area contributed by atoms with E-state index in [1.807, 2.05) is 12.3 Å². The predicted octanol–water partition coefficient (Wildman–Crippen LogP) is 4.41. The Balaban J connectivity index is 1.56. The molecule has 4 aliphatic carbocycles. The van der Waals surface area contributed by atoms with Gasteiger partial charge in [0, 0.05) is 12.5 Å². The molecule has 4 saturated carbocycles. The lowest BCUT2D eigenvalue weighted by molar-refractivity contribution is -0.0743. The molecule has 0 aliphatic heterocycles. The third-order valence-corrected chi connectivity index (χ3v) is 6.45. The van der Waals surface area contributed by atoms with Gasteiger partial charge in [-0.15, -0.1) is 0 Å².